The van der Waals surface area contributed by atoms with Gasteiger partial charge in [0.2, 0.25) is 5.91 Å². The number of amides is 3. The second-order valence-corrected chi connectivity index (χ2v) is 16.6. The quantitative estimate of drug-likeness (QED) is 0.213. The number of aliphatic hydroxyl groups is 3. The van der Waals surface area contributed by atoms with Crippen LogP contribution in [0.15, 0.2) is 11.3 Å². The summed E-state index contributed by atoms with van der Waals surface area (Å²) in [6.07, 6.45) is 10.8. The average molecular weight is 642 g/mol. The molecular weight excluding hydrogens is 590 g/mol. The van der Waals surface area contributed by atoms with Gasteiger partial charge in [0.25, 0.3) is 11.8 Å². The minimum absolute atomic E-state index is 0.0406. The zero-order chi connectivity index (χ0) is 32.4. The predicted molar refractivity (Wildman–Crippen MR) is 172 cm³/mol. The molecule has 0 aromatic heterocycles. The minimum atomic E-state index is -0.797. The summed E-state index contributed by atoms with van der Waals surface area (Å²) in [5.41, 5.74) is 1.14. The molecule has 1 saturated heterocycles. The van der Waals surface area contributed by atoms with Crippen LogP contribution >= 0.6 is 11.8 Å². The molecule has 5 N–H and O–H groups in total. The smallest absolute Gasteiger partial charge is 0.268 e. The van der Waals surface area contributed by atoms with Gasteiger partial charge in [-0.2, -0.15) is 0 Å². The predicted octanol–water partition coefficient (Wildman–Crippen LogP) is 2.79. The molecule has 4 aliphatic carbocycles. The molecule has 13 atom stereocenters. The standard InChI is InChI=1S/C35H51N3O6S/c1-6-15-36-31(43)28-19(3)17-45-33-27(32(44)38(28)33)37-25(40)10-7-18(2)21-8-9-22-26-23(12-14-34(21,22)4)35(5)13-11-20(39)16-24(35)29(41)30(26)42/h1,18,20-24,26-27,29-30,33,39,41-42H,7-17H2,2-5H3,(H,36,43)(H,37,40). The number of terminal acetylenes is 1. The summed E-state index contributed by atoms with van der Waals surface area (Å²) < 4.78 is 0. The molecule has 13 unspecified atom stereocenters. The lowest BCUT2D eigenvalue weighted by Crippen LogP contribution is -2.71. The second kappa shape index (κ2) is 12.2. The van der Waals surface area contributed by atoms with Crippen LogP contribution in [0.2, 0.25) is 0 Å². The highest BCUT2D eigenvalue weighted by Gasteiger charge is 2.65. The number of hydrogen-bond donors (Lipinski definition) is 5. The van der Waals surface area contributed by atoms with Gasteiger partial charge in [-0.3, -0.25) is 19.3 Å². The van der Waals surface area contributed by atoms with E-state index in [4.69, 9.17) is 6.42 Å². The van der Waals surface area contributed by atoms with Crippen LogP contribution in [-0.4, -0.2) is 80.0 Å². The van der Waals surface area contributed by atoms with Gasteiger partial charge in [-0.25, -0.2) is 0 Å². The molecule has 6 aliphatic rings. The molecule has 9 nitrogen and oxygen atoms in total. The number of β-lactam (4-membered cyclic amide) rings is 1. The number of hydrogen-bond acceptors (Lipinski definition) is 7. The Morgan fingerprint density at radius 2 is 1.78 bits per heavy atom. The summed E-state index contributed by atoms with van der Waals surface area (Å²) in [5.74, 6) is 3.63. The van der Waals surface area contributed by atoms with E-state index in [2.05, 4.69) is 37.3 Å². The Morgan fingerprint density at radius 3 is 2.51 bits per heavy atom. The lowest BCUT2D eigenvalue weighted by Gasteiger charge is -2.63. The monoisotopic (exact) mass is 641 g/mol. The molecule has 45 heavy (non-hydrogen) atoms. The van der Waals surface area contributed by atoms with Crippen LogP contribution in [0.1, 0.15) is 85.5 Å². The maximum atomic E-state index is 13.1. The van der Waals surface area contributed by atoms with Crippen LogP contribution in [0.25, 0.3) is 0 Å². The fourth-order valence-corrected chi connectivity index (χ4v) is 12.3. The average Bonchev–Trinajstić information content (AvgIpc) is 3.37. The molecule has 10 heteroatoms. The third kappa shape index (κ3) is 5.25. The highest BCUT2D eigenvalue weighted by Crippen LogP contribution is 2.68. The van der Waals surface area contributed by atoms with Gasteiger partial charge in [-0.1, -0.05) is 26.7 Å². The number of rotatable bonds is 7. The number of thioether (sulfide) groups is 1. The van der Waals surface area contributed by atoms with Crippen molar-refractivity contribution in [2.75, 3.05) is 12.3 Å². The number of carbonyl (C=O) groups excluding carboxylic acids is 3. The zero-order valence-electron chi connectivity index (χ0n) is 27.1. The first-order valence-electron chi connectivity index (χ1n) is 17.0. The van der Waals surface area contributed by atoms with Crippen LogP contribution in [0.3, 0.4) is 0 Å². The lowest BCUT2D eigenvalue weighted by atomic mass is 9.43. The van der Waals surface area contributed by atoms with Crippen LogP contribution in [0.4, 0.5) is 0 Å². The maximum Gasteiger partial charge on any atom is 0.268 e. The van der Waals surface area contributed by atoms with E-state index in [-0.39, 0.29) is 52.3 Å². The van der Waals surface area contributed by atoms with Crippen molar-refractivity contribution in [1.82, 2.24) is 15.5 Å². The molecule has 0 aromatic rings. The summed E-state index contributed by atoms with van der Waals surface area (Å²) >= 11 is 1.55. The molecule has 0 spiro atoms. The summed E-state index contributed by atoms with van der Waals surface area (Å²) in [6, 6.07) is -0.643. The van der Waals surface area contributed by atoms with E-state index in [1.54, 1.807) is 11.8 Å². The number of aliphatic hydroxyl groups excluding tert-OH is 3. The Morgan fingerprint density at radius 1 is 1.07 bits per heavy atom. The van der Waals surface area contributed by atoms with Gasteiger partial charge in [0.05, 0.1) is 24.9 Å². The third-order valence-corrected chi connectivity index (χ3v) is 14.8. The van der Waals surface area contributed by atoms with Crippen molar-refractivity contribution in [2.24, 2.45) is 46.3 Å². The Bertz CT molecular complexity index is 1300. The zero-order valence-corrected chi connectivity index (χ0v) is 27.9. The number of nitrogens with zero attached hydrogens (tertiary/aromatic N) is 1. The Balaban J connectivity index is 1.06. The van der Waals surface area contributed by atoms with Crippen molar-refractivity contribution in [1.29, 1.82) is 0 Å². The molecule has 2 aliphatic heterocycles. The number of fused-ring (bicyclic) bond motifs is 6. The van der Waals surface area contributed by atoms with Crippen molar-refractivity contribution >= 4 is 29.5 Å². The molecule has 0 aromatic carbocycles. The first-order chi connectivity index (χ1) is 21.3. The Hall–Kier alpha value is -2.06. The summed E-state index contributed by atoms with van der Waals surface area (Å²) in [6.45, 7) is 8.85. The van der Waals surface area contributed by atoms with Gasteiger partial charge in [0.15, 0.2) is 0 Å². The van der Waals surface area contributed by atoms with E-state index in [0.717, 1.165) is 50.5 Å². The fourth-order valence-electron chi connectivity index (χ4n) is 11.0. The molecular formula is C35H51N3O6S. The van der Waals surface area contributed by atoms with E-state index in [0.29, 0.717) is 48.0 Å². The van der Waals surface area contributed by atoms with Crippen LogP contribution in [0.5, 0.6) is 0 Å². The molecule has 3 amide bonds. The minimum Gasteiger partial charge on any atom is -0.393 e. The van der Waals surface area contributed by atoms with Gasteiger partial charge in [0, 0.05) is 12.2 Å². The number of nitrogens with one attached hydrogen (secondary N) is 2. The van der Waals surface area contributed by atoms with Crippen molar-refractivity contribution < 1.29 is 29.7 Å². The molecule has 0 radical (unpaired) electrons. The van der Waals surface area contributed by atoms with Gasteiger partial charge in [0.1, 0.15) is 17.1 Å². The van der Waals surface area contributed by atoms with Gasteiger partial charge >= 0.3 is 0 Å². The molecule has 2 heterocycles. The van der Waals surface area contributed by atoms with Crippen molar-refractivity contribution in [3.63, 3.8) is 0 Å². The van der Waals surface area contributed by atoms with Crippen LogP contribution < -0.4 is 10.6 Å². The van der Waals surface area contributed by atoms with Crippen LogP contribution in [-0.2, 0) is 14.4 Å². The Kier molecular flexibility index (Phi) is 8.90. The van der Waals surface area contributed by atoms with Crippen molar-refractivity contribution in [3.05, 3.63) is 11.3 Å². The topological polar surface area (TPSA) is 139 Å². The van der Waals surface area contributed by atoms with Crippen LogP contribution in [0, 0.1) is 58.7 Å². The molecule has 0 bridgehead atoms. The summed E-state index contributed by atoms with van der Waals surface area (Å²) in [7, 11) is 0. The Labute approximate surface area is 271 Å². The van der Waals surface area contributed by atoms with E-state index in [1.807, 2.05) is 6.92 Å². The first kappa shape index (κ1) is 32.9. The molecule has 6 rings (SSSR count). The summed E-state index contributed by atoms with van der Waals surface area (Å²) in [5, 5.41) is 38.6. The molecule has 5 fully saturated rings. The molecule has 248 valence electrons. The molecule has 4 saturated carbocycles. The number of carbonyl (C=O) groups is 3. The fraction of sp³-hybridized carbons (Fsp3) is 0.800. The van der Waals surface area contributed by atoms with Crippen molar-refractivity contribution in [2.45, 2.75) is 115 Å². The highest BCUT2D eigenvalue weighted by atomic mass is 32.2. The summed E-state index contributed by atoms with van der Waals surface area (Å²) in [4.78, 5) is 40.4. The normalized spacial score (nSPS) is 44.4. The van der Waals surface area contributed by atoms with Crippen molar-refractivity contribution in [3.8, 4) is 12.3 Å². The van der Waals surface area contributed by atoms with E-state index < -0.39 is 24.4 Å². The highest BCUT2D eigenvalue weighted by molar-refractivity contribution is 8.00. The first-order valence-corrected chi connectivity index (χ1v) is 18.1. The SMILES string of the molecule is C#CCNC(=O)C1=C(C)CSC2C(NC(=O)CCC(C)C3CCC4C5C(O)C(O)C6CC(O)CCC6(C)C5CCC34C)C(=O)N12. The van der Waals surface area contributed by atoms with Gasteiger partial charge < -0.3 is 26.0 Å². The van der Waals surface area contributed by atoms with E-state index in [9.17, 15) is 29.7 Å². The lowest BCUT2D eigenvalue weighted by molar-refractivity contribution is -0.223. The van der Waals surface area contributed by atoms with E-state index in [1.165, 1.54) is 4.90 Å². The third-order valence-electron chi connectivity index (χ3n) is 13.4. The van der Waals surface area contributed by atoms with Gasteiger partial charge in [-0.05, 0) is 110 Å². The largest absolute Gasteiger partial charge is 0.393 e. The van der Waals surface area contributed by atoms with Gasteiger partial charge in [-0.15, -0.1) is 18.2 Å². The maximum absolute atomic E-state index is 13.1. The van der Waals surface area contributed by atoms with E-state index >= 15 is 0 Å². The second-order valence-electron chi connectivity index (χ2n) is 15.5.